The van der Waals surface area contributed by atoms with Crippen molar-refractivity contribution in [2.45, 2.75) is 45.2 Å². The van der Waals surface area contributed by atoms with Crippen LogP contribution in [0.4, 0.5) is 0 Å². The minimum absolute atomic E-state index is 0.186. The zero-order valence-electron chi connectivity index (χ0n) is 14.7. The summed E-state index contributed by atoms with van der Waals surface area (Å²) in [5.41, 5.74) is 0.526. The first-order valence-corrected chi connectivity index (χ1v) is 9.53. The molecule has 0 bridgehead atoms. The summed E-state index contributed by atoms with van der Waals surface area (Å²) in [6.07, 6.45) is 1.98. The van der Waals surface area contributed by atoms with Gasteiger partial charge in [0, 0.05) is 38.0 Å². The number of aromatic nitrogens is 1. The Hall–Kier alpha value is -1.47. The van der Waals surface area contributed by atoms with Crippen LogP contribution in [0.25, 0.3) is 0 Å². The first kappa shape index (κ1) is 17.4. The van der Waals surface area contributed by atoms with E-state index >= 15 is 0 Å². The number of carbonyl (C=O) groups excluding carboxylic acids is 2. The van der Waals surface area contributed by atoms with Gasteiger partial charge in [-0.15, -0.1) is 11.3 Å². The van der Waals surface area contributed by atoms with Gasteiger partial charge in [-0.3, -0.25) is 14.5 Å². The van der Waals surface area contributed by atoms with E-state index in [0.29, 0.717) is 26.1 Å². The Morgan fingerprint density at radius 3 is 2.58 bits per heavy atom. The molecule has 1 spiro atoms. The third kappa shape index (κ3) is 3.07. The summed E-state index contributed by atoms with van der Waals surface area (Å²) in [6, 6.07) is 0. The number of thiazole rings is 1. The topological polar surface area (TPSA) is 56.8 Å². The van der Waals surface area contributed by atoms with Crippen LogP contribution in [0.5, 0.6) is 0 Å². The minimum atomic E-state index is -0.451. The second-order valence-electron chi connectivity index (χ2n) is 6.77. The first-order valence-electron chi connectivity index (χ1n) is 8.65. The molecule has 3 heterocycles. The molecular formula is C17H26N4O2S. The summed E-state index contributed by atoms with van der Waals surface area (Å²) in [7, 11) is 2.04. The molecule has 0 aromatic carbocycles. The number of rotatable bonds is 3. The van der Waals surface area contributed by atoms with Crippen molar-refractivity contribution < 1.29 is 9.59 Å². The number of carbonyl (C=O) groups is 2. The lowest BCUT2D eigenvalue weighted by molar-refractivity contribution is -0.157. The largest absolute Gasteiger partial charge is 0.343 e. The average Bonchev–Trinajstić information content (AvgIpc) is 3.00. The van der Waals surface area contributed by atoms with Gasteiger partial charge in [-0.1, -0.05) is 6.92 Å². The van der Waals surface area contributed by atoms with Crippen LogP contribution >= 0.6 is 11.3 Å². The molecule has 1 aromatic rings. The fourth-order valence-corrected chi connectivity index (χ4v) is 4.42. The number of hydrogen-bond donors (Lipinski definition) is 0. The molecule has 0 unspecified atom stereocenters. The SMILES string of the molecule is CCC(=O)N1CCC2(CC1)C(=O)N(Cc1csc(C)n1)CCN2C. The molecule has 2 aliphatic rings. The van der Waals surface area contributed by atoms with Crippen molar-refractivity contribution in [2.24, 2.45) is 0 Å². The third-order valence-electron chi connectivity index (χ3n) is 5.39. The monoisotopic (exact) mass is 350 g/mol. The van der Waals surface area contributed by atoms with Gasteiger partial charge in [0.25, 0.3) is 0 Å². The fourth-order valence-electron chi connectivity index (χ4n) is 3.82. The lowest BCUT2D eigenvalue weighted by Gasteiger charge is -2.51. The van der Waals surface area contributed by atoms with E-state index in [-0.39, 0.29) is 11.8 Å². The highest BCUT2D eigenvalue weighted by atomic mass is 32.1. The van der Waals surface area contributed by atoms with Crippen LogP contribution in [-0.4, -0.2) is 70.3 Å². The van der Waals surface area contributed by atoms with E-state index in [4.69, 9.17) is 0 Å². The molecule has 2 saturated heterocycles. The van der Waals surface area contributed by atoms with E-state index < -0.39 is 5.54 Å². The molecule has 1 aromatic heterocycles. The Kier molecular flexibility index (Phi) is 4.92. The molecule has 0 saturated carbocycles. The summed E-state index contributed by atoms with van der Waals surface area (Å²) in [4.78, 5) is 35.7. The van der Waals surface area contributed by atoms with Gasteiger partial charge in [0.15, 0.2) is 0 Å². The van der Waals surface area contributed by atoms with Gasteiger partial charge in [0.05, 0.1) is 17.2 Å². The number of piperidine rings is 1. The molecule has 6 nitrogen and oxygen atoms in total. The van der Waals surface area contributed by atoms with Crippen molar-refractivity contribution in [1.82, 2.24) is 19.7 Å². The summed E-state index contributed by atoms with van der Waals surface area (Å²) >= 11 is 1.62. The molecule has 0 N–H and O–H groups in total. The highest BCUT2D eigenvalue weighted by Gasteiger charge is 2.49. The van der Waals surface area contributed by atoms with E-state index in [9.17, 15) is 9.59 Å². The number of amides is 2. The number of hydrogen-bond acceptors (Lipinski definition) is 5. The normalized spacial score (nSPS) is 21.5. The predicted molar refractivity (Wildman–Crippen MR) is 93.7 cm³/mol. The quantitative estimate of drug-likeness (QED) is 0.829. The highest BCUT2D eigenvalue weighted by molar-refractivity contribution is 7.09. The summed E-state index contributed by atoms with van der Waals surface area (Å²) < 4.78 is 0. The number of nitrogens with zero attached hydrogens (tertiary/aromatic N) is 4. The standard InChI is InChI=1S/C17H26N4O2S/c1-4-15(22)20-7-5-17(6-8-20)16(23)21(10-9-19(17)3)11-14-12-24-13(2)18-14/h12H,4-11H2,1-3H3. The van der Waals surface area contributed by atoms with Crippen LogP contribution in [0.2, 0.25) is 0 Å². The number of aryl methyl sites for hydroxylation is 1. The van der Waals surface area contributed by atoms with Crippen LogP contribution < -0.4 is 0 Å². The number of piperazine rings is 1. The zero-order chi connectivity index (χ0) is 17.3. The lowest BCUT2D eigenvalue weighted by Crippen LogP contribution is -2.67. The van der Waals surface area contributed by atoms with Crippen LogP contribution in [0.3, 0.4) is 0 Å². The van der Waals surface area contributed by atoms with Gasteiger partial charge in [-0.25, -0.2) is 4.98 Å². The summed E-state index contributed by atoms with van der Waals surface area (Å²) in [5.74, 6) is 0.385. The van der Waals surface area contributed by atoms with Gasteiger partial charge < -0.3 is 9.80 Å². The highest BCUT2D eigenvalue weighted by Crippen LogP contribution is 2.33. The van der Waals surface area contributed by atoms with Crippen LogP contribution in [0.15, 0.2) is 5.38 Å². The number of likely N-dealkylation sites (tertiary alicyclic amines) is 1. The maximum atomic E-state index is 13.2. The molecule has 2 aliphatic heterocycles. The van der Waals surface area contributed by atoms with Crippen molar-refractivity contribution in [3.63, 3.8) is 0 Å². The first-order chi connectivity index (χ1) is 11.5. The smallest absolute Gasteiger partial charge is 0.243 e. The molecule has 0 atom stereocenters. The summed E-state index contributed by atoms with van der Waals surface area (Å²) in [6.45, 7) is 7.43. The Labute approximate surface area is 147 Å². The maximum Gasteiger partial charge on any atom is 0.243 e. The van der Waals surface area contributed by atoms with Crippen molar-refractivity contribution in [3.05, 3.63) is 16.1 Å². The minimum Gasteiger partial charge on any atom is -0.343 e. The van der Waals surface area contributed by atoms with Gasteiger partial charge >= 0.3 is 0 Å². The average molecular weight is 350 g/mol. The fraction of sp³-hybridized carbons (Fsp3) is 0.706. The predicted octanol–water partition coefficient (Wildman–Crippen LogP) is 1.50. The van der Waals surface area contributed by atoms with Crippen molar-refractivity contribution in [1.29, 1.82) is 0 Å². The molecule has 24 heavy (non-hydrogen) atoms. The zero-order valence-corrected chi connectivity index (χ0v) is 15.6. The van der Waals surface area contributed by atoms with E-state index in [2.05, 4.69) is 9.88 Å². The van der Waals surface area contributed by atoms with Gasteiger partial charge in [-0.2, -0.15) is 0 Å². The van der Waals surface area contributed by atoms with Crippen molar-refractivity contribution in [3.8, 4) is 0 Å². The van der Waals surface area contributed by atoms with Gasteiger partial charge in [-0.05, 0) is 26.8 Å². The molecule has 0 aliphatic carbocycles. The second kappa shape index (κ2) is 6.80. The summed E-state index contributed by atoms with van der Waals surface area (Å²) in [5, 5.41) is 3.07. The maximum absolute atomic E-state index is 13.2. The third-order valence-corrected chi connectivity index (χ3v) is 6.21. The van der Waals surface area contributed by atoms with E-state index in [1.807, 2.05) is 36.1 Å². The molecule has 2 fully saturated rings. The Morgan fingerprint density at radius 1 is 1.29 bits per heavy atom. The van der Waals surface area contributed by atoms with E-state index in [0.717, 1.165) is 36.6 Å². The Balaban J connectivity index is 1.72. The molecule has 0 radical (unpaired) electrons. The second-order valence-corrected chi connectivity index (χ2v) is 7.83. The van der Waals surface area contributed by atoms with Gasteiger partial charge in [0.2, 0.25) is 11.8 Å². The Morgan fingerprint density at radius 2 is 2.00 bits per heavy atom. The van der Waals surface area contributed by atoms with Crippen LogP contribution in [0, 0.1) is 6.92 Å². The van der Waals surface area contributed by atoms with Crippen molar-refractivity contribution >= 4 is 23.2 Å². The lowest BCUT2D eigenvalue weighted by atomic mass is 9.82. The molecule has 132 valence electrons. The van der Waals surface area contributed by atoms with Crippen molar-refractivity contribution in [2.75, 3.05) is 33.2 Å². The van der Waals surface area contributed by atoms with E-state index in [1.54, 1.807) is 11.3 Å². The van der Waals surface area contributed by atoms with Gasteiger partial charge in [0.1, 0.15) is 5.54 Å². The number of likely N-dealkylation sites (N-methyl/N-ethyl adjacent to an activating group) is 1. The van der Waals surface area contributed by atoms with Crippen LogP contribution in [0.1, 0.15) is 36.9 Å². The van der Waals surface area contributed by atoms with E-state index in [1.165, 1.54) is 0 Å². The molecular weight excluding hydrogens is 324 g/mol. The molecule has 3 rings (SSSR count). The molecule has 7 heteroatoms. The Bertz CT molecular complexity index is 622. The van der Waals surface area contributed by atoms with Crippen LogP contribution in [-0.2, 0) is 16.1 Å². The molecule has 2 amide bonds.